The molecule has 2 aliphatic rings. The highest BCUT2D eigenvalue weighted by atomic mass is 16.7. The first-order valence-electron chi connectivity index (χ1n) is 11.4. The van der Waals surface area contributed by atoms with Gasteiger partial charge in [0.2, 0.25) is 5.91 Å². The summed E-state index contributed by atoms with van der Waals surface area (Å²) < 4.78 is 16.9. The van der Waals surface area contributed by atoms with Crippen molar-refractivity contribution in [1.82, 2.24) is 0 Å². The molecule has 2 aliphatic heterocycles. The summed E-state index contributed by atoms with van der Waals surface area (Å²) in [6, 6.07) is 21.3. The fourth-order valence-electron chi connectivity index (χ4n) is 4.83. The van der Waals surface area contributed by atoms with Crippen LogP contribution in [0.5, 0.6) is 17.2 Å². The van der Waals surface area contributed by atoms with Crippen LogP contribution in [-0.2, 0) is 14.4 Å². The highest BCUT2D eigenvalue weighted by Crippen LogP contribution is 2.51. The lowest BCUT2D eigenvalue weighted by molar-refractivity contribution is -0.126. The Kier molecular flexibility index (Phi) is 6.05. The highest BCUT2D eigenvalue weighted by Gasteiger charge is 2.61. The number of fused-ring (bicyclic) bond motifs is 1. The van der Waals surface area contributed by atoms with Crippen LogP contribution < -0.4 is 24.2 Å². The van der Waals surface area contributed by atoms with Crippen molar-refractivity contribution in [2.45, 2.75) is 19.1 Å². The SMILES string of the molecule is CCOc1ccccc1N1C(=O)C2ON(c3ccccc3)C(c3cccc(OC)c3OC)C2C1=O. The Morgan fingerprint density at radius 2 is 1.54 bits per heavy atom. The molecule has 3 aromatic rings. The summed E-state index contributed by atoms with van der Waals surface area (Å²) in [5, 5.41) is 1.63. The molecule has 35 heavy (non-hydrogen) atoms. The molecule has 2 saturated heterocycles. The van der Waals surface area contributed by atoms with E-state index in [0.29, 0.717) is 35.1 Å². The number of carbonyl (C=O) groups excluding carboxylic acids is 2. The third kappa shape index (κ3) is 3.66. The maximum Gasteiger partial charge on any atom is 0.266 e. The number of nitrogens with zero attached hydrogens (tertiary/aromatic N) is 2. The summed E-state index contributed by atoms with van der Waals surface area (Å²) >= 11 is 0. The van der Waals surface area contributed by atoms with Gasteiger partial charge in [-0.1, -0.05) is 42.5 Å². The smallest absolute Gasteiger partial charge is 0.266 e. The maximum atomic E-state index is 13.9. The Bertz CT molecular complexity index is 1250. The largest absolute Gasteiger partial charge is 0.493 e. The highest BCUT2D eigenvalue weighted by molar-refractivity contribution is 6.24. The lowest BCUT2D eigenvalue weighted by Crippen LogP contribution is -2.37. The zero-order valence-corrected chi connectivity index (χ0v) is 19.7. The van der Waals surface area contributed by atoms with Crippen molar-refractivity contribution in [2.75, 3.05) is 30.8 Å². The number of ether oxygens (including phenoxy) is 3. The molecule has 5 rings (SSSR count). The van der Waals surface area contributed by atoms with Crippen LogP contribution in [0.4, 0.5) is 11.4 Å². The van der Waals surface area contributed by atoms with Crippen molar-refractivity contribution >= 4 is 23.2 Å². The average molecular weight is 475 g/mol. The van der Waals surface area contributed by atoms with E-state index >= 15 is 0 Å². The van der Waals surface area contributed by atoms with E-state index in [1.165, 1.54) is 4.90 Å². The molecule has 2 fully saturated rings. The number of rotatable bonds is 7. The molecule has 3 atom stereocenters. The lowest BCUT2D eigenvalue weighted by Gasteiger charge is -2.30. The molecule has 0 aromatic heterocycles. The number of benzene rings is 3. The van der Waals surface area contributed by atoms with E-state index in [9.17, 15) is 9.59 Å². The summed E-state index contributed by atoms with van der Waals surface area (Å²) in [4.78, 5) is 35.0. The van der Waals surface area contributed by atoms with Crippen LogP contribution in [0.1, 0.15) is 18.5 Å². The molecule has 0 spiro atoms. The fraction of sp³-hybridized carbons (Fsp3) is 0.259. The second-order valence-corrected chi connectivity index (χ2v) is 8.15. The molecular weight excluding hydrogens is 448 g/mol. The molecule has 0 aliphatic carbocycles. The minimum absolute atomic E-state index is 0.361. The zero-order chi connectivity index (χ0) is 24.5. The van der Waals surface area contributed by atoms with Gasteiger partial charge < -0.3 is 14.2 Å². The van der Waals surface area contributed by atoms with E-state index in [1.54, 1.807) is 49.6 Å². The van der Waals surface area contributed by atoms with Crippen LogP contribution in [-0.4, -0.2) is 38.7 Å². The first kappa shape index (κ1) is 22.7. The Hall–Kier alpha value is -4.04. The molecule has 3 unspecified atom stereocenters. The second kappa shape index (κ2) is 9.31. The molecule has 8 nitrogen and oxygen atoms in total. The van der Waals surface area contributed by atoms with E-state index in [4.69, 9.17) is 19.0 Å². The van der Waals surface area contributed by atoms with Crippen LogP contribution in [0, 0.1) is 5.92 Å². The topological polar surface area (TPSA) is 77.5 Å². The molecular formula is C27H26N2O6. The summed E-state index contributed by atoms with van der Waals surface area (Å²) in [5.41, 5.74) is 1.81. The zero-order valence-electron chi connectivity index (χ0n) is 19.7. The van der Waals surface area contributed by atoms with Gasteiger partial charge in [0.25, 0.3) is 5.91 Å². The van der Waals surface area contributed by atoms with E-state index < -0.39 is 24.0 Å². The van der Waals surface area contributed by atoms with Crippen molar-refractivity contribution in [3.63, 3.8) is 0 Å². The van der Waals surface area contributed by atoms with Crippen LogP contribution in [0.3, 0.4) is 0 Å². The quantitative estimate of drug-likeness (QED) is 0.476. The van der Waals surface area contributed by atoms with Crippen molar-refractivity contribution in [3.8, 4) is 17.2 Å². The van der Waals surface area contributed by atoms with Gasteiger partial charge >= 0.3 is 0 Å². The third-order valence-corrected chi connectivity index (χ3v) is 6.28. The van der Waals surface area contributed by atoms with Gasteiger partial charge in [-0.2, -0.15) is 0 Å². The number of imide groups is 1. The normalized spacial score (nSPS) is 21.3. The van der Waals surface area contributed by atoms with Gasteiger partial charge in [0.05, 0.1) is 32.2 Å². The van der Waals surface area contributed by atoms with Gasteiger partial charge in [0.1, 0.15) is 17.7 Å². The molecule has 0 radical (unpaired) electrons. The molecule has 0 bridgehead atoms. The molecule has 0 saturated carbocycles. The Morgan fingerprint density at radius 3 is 2.26 bits per heavy atom. The van der Waals surface area contributed by atoms with Crippen molar-refractivity contribution in [2.24, 2.45) is 5.92 Å². The van der Waals surface area contributed by atoms with Gasteiger partial charge in [0, 0.05) is 5.56 Å². The first-order valence-corrected chi connectivity index (χ1v) is 11.4. The number of carbonyl (C=O) groups is 2. The Morgan fingerprint density at radius 1 is 0.829 bits per heavy atom. The fourth-order valence-corrected chi connectivity index (χ4v) is 4.83. The minimum Gasteiger partial charge on any atom is -0.493 e. The molecule has 2 heterocycles. The molecule has 180 valence electrons. The molecule has 8 heteroatoms. The maximum absolute atomic E-state index is 13.9. The van der Waals surface area contributed by atoms with Gasteiger partial charge in [-0.15, -0.1) is 0 Å². The standard InChI is InChI=1S/C27H26N2O6/c1-4-34-20-15-9-8-14-19(20)28-26(30)22-23(18-13-10-16-21(32-2)24(18)33-3)29(35-25(22)27(28)31)17-11-6-5-7-12-17/h5-16,22-23,25H,4H2,1-3H3. The van der Waals surface area contributed by atoms with Crippen LogP contribution in [0.25, 0.3) is 0 Å². The van der Waals surface area contributed by atoms with Crippen LogP contribution >= 0.6 is 0 Å². The Labute approximate surface area is 203 Å². The van der Waals surface area contributed by atoms with Crippen molar-refractivity contribution in [1.29, 1.82) is 0 Å². The summed E-state index contributed by atoms with van der Waals surface area (Å²) in [6.07, 6.45) is -1.00. The number of methoxy groups -OCH3 is 2. The summed E-state index contributed by atoms with van der Waals surface area (Å²) in [6.45, 7) is 2.26. The van der Waals surface area contributed by atoms with Crippen LogP contribution in [0.15, 0.2) is 72.8 Å². The second-order valence-electron chi connectivity index (χ2n) is 8.15. The number of amides is 2. The van der Waals surface area contributed by atoms with E-state index in [0.717, 1.165) is 5.69 Å². The number of para-hydroxylation sites is 4. The summed E-state index contributed by atoms with van der Waals surface area (Å²) in [7, 11) is 3.11. The molecule has 2 amide bonds. The van der Waals surface area contributed by atoms with Gasteiger partial charge in [-0.3, -0.25) is 14.4 Å². The van der Waals surface area contributed by atoms with Crippen molar-refractivity contribution in [3.05, 3.63) is 78.4 Å². The van der Waals surface area contributed by atoms with Gasteiger partial charge in [-0.05, 0) is 37.3 Å². The number of hydrogen-bond donors (Lipinski definition) is 0. The van der Waals surface area contributed by atoms with E-state index in [-0.39, 0.29) is 5.91 Å². The number of anilines is 2. The summed E-state index contributed by atoms with van der Waals surface area (Å²) in [5.74, 6) is -0.126. The predicted molar refractivity (Wildman–Crippen MR) is 130 cm³/mol. The van der Waals surface area contributed by atoms with Crippen LogP contribution in [0.2, 0.25) is 0 Å². The molecule has 3 aromatic carbocycles. The first-order chi connectivity index (χ1) is 17.1. The lowest BCUT2D eigenvalue weighted by atomic mass is 9.89. The molecule has 0 N–H and O–H groups in total. The monoisotopic (exact) mass is 474 g/mol. The van der Waals surface area contributed by atoms with Gasteiger partial charge in [0.15, 0.2) is 17.6 Å². The van der Waals surface area contributed by atoms with Crippen molar-refractivity contribution < 1.29 is 28.6 Å². The number of hydroxylamine groups is 1. The predicted octanol–water partition coefficient (Wildman–Crippen LogP) is 4.15. The number of hydrogen-bond acceptors (Lipinski definition) is 7. The average Bonchev–Trinajstić information content (AvgIpc) is 3.40. The Balaban J connectivity index is 1.64. The minimum atomic E-state index is -1.00. The van der Waals surface area contributed by atoms with E-state index in [1.807, 2.05) is 49.4 Å². The third-order valence-electron chi connectivity index (χ3n) is 6.28. The van der Waals surface area contributed by atoms with E-state index in [2.05, 4.69) is 0 Å². The van der Waals surface area contributed by atoms with Gasteiger partial charge in [-0.25, -0.2) is 9.96 Å².